The highest BCUT2D eigenvalue weighted by Crippen LogP contribution is 2.34. The van der Waals surface area contributed by atoms with E-state index in [-0.39, 0.29) is 11.5 Å². The molecule has 1 aromatic carbocycles. The summed E-state index contributed by atoms with van der Waals surface area (Å²) in [5.41, 5.74) is 3.73. The number of rotatable bonds is 4. The van der Waals surface area contributed by atoms with Crippen LogP contribution < -0.4 is 5.32 Å². The third-order valence-corrected chi connectivity index (χ3v) is 3.71. The Kier molecular flexibility index (Phi) is 4.24. The summed E-state index contributed by atoms with van der Waals surface area (Å²) in [4.78, 5) is 0. The molecule has 1 N–H and O–H groups in total. The normalized spacial score (nSPS) is 13.9. The molecule has 0 saturated heterocycles. The monoisotopic (exact) mass is 273 g/mol. The summed E-state index contributed by atoms with van der Waals surface area (Å²) in [6, 6.07) is 6.91. The van der Waals surface area contributed by atoms with Gasteiger partial charge in [-0.15, -0.1) is 0 Å². The van der Waals surface area contributed by atoms with Gasteiger partial charge in [0, 0.05) is 10.9 Å². The molecule has 2 rings (SSSR count). The Balaban J connectivity index is 2.48. The SMILES string of the molecule is CCCNC(C)c1cc2cc(C)cc(C(C)(C)C)c2o1. The highest BCUT2D eigenvalue weighted by molar-refractivity contribution is 5.83. The van der Waals surface area contributed by atoms with Crippen LogP contribution in [0.1, 0.15) is 64.0 Å². The summed E-state index contributed by atoms with van der Waals surface area (Å²) in [5, 5.41) is 4.71. The summed E-state index contributed by atoms with van der Waals surface area (Å²) in [5.74, 6) is 1.03. The number of hydrogen-bond donors (Lipinski definition) is 1. The third-order valence-electron chi connectivity index (χ3n) is 3.71. The van der Waals surface area contributed by atoms with Gasteiger partial charge in [0.25, 0.3) is 0 Å². The summed E-state index contributed by atoms with van der Waals surface area (Å²) in [7, 11) is 0. The van der Waals surface area contributed by atoms with Gasteiger partial charge in [-0.1, -0.05) is 33.8 Å². The topological polar surface area (TPSA) is 25.2 Å². The largest absolute Gasteiger partial charge is 0.459 e. The fourth-order valence-electron chi connectivity index (χ4n) is 2.55. The smallest absolute Gasteiger partial charge is 0.138 e. The minimum Gasteiger partial charge on any atom is -0.459 e. The molecule has 1 unspecified atom stereocenters. The average molecular weight is 273 g/mol. The van der Waals surface area contributed by atoms with E-state index >= 15 is 0 Å². The van der Waals surface area contributed by atoms with Gasteiger partial charge in [-0.3, -0.25) is 0 Å². The number of furan rings is 1. The number of benzene rings is 1. The second-order valence-corrected chi connectivity index (χ2v) is 6.81. The van der Waals surface area contributed by atoms with Crippen LogP contribution in [0.2, 0.25) is 0 Å². The number of nitrogens with one attached hydrogen (secondary N) is 1. The first-order valence-corrected chi connectivity index (χ1v) is 7.61. The van der Waals surface area contributed by atoms with E-state index in [1.807, 2.05) is 0 Å². The molecule has 0 spiro atoms. The Morgan fingerprint density at radius 1 is 1.20 bits per heavy atom. The van der Waals surface area contributed by atoms with Crippen molar-refractivity contribution in [3.63, 3.8) is 0 Å². The standard InChI is InChI=1S/C18H27NO/c1-7-8-19-13(3)16-11-14-9-12(2)10-15(17(14)20-16)18(4,5)6/h9-11,13,19H,7-8H2,1-6H3. The third kappa shape index (κ3) is 3.06. The molecule has 20 heavy (non-hydrogen) atoms. The van der Waals surface area contributed by atoms with Gasteiger partial charge in [0.1, 0.15) is 11.3 Å². The van der Waals surface area contributed by atoms with Crippen molar-refractivity contribution < 1.29 is 4.42 Å². The molecule has 2 heteroatoms. The Bertz CT molecular complexity index is 589. The van der Waals surface area contributed by atoms with Crippen molar-refractivity contribution >= 4 is 11.0 Å². The predicted octanol–water partition coefficient (Wildman–Crippen LogP) is 5.10. The molecule has 0 bridgehead atoms. The molecule has 0 aliphatic heterocycles. The molecular formula is C18H27NO. The van der Waals surface area contributed by atoms with Crippen molar-refractivity contribution in [2.45, 2.75) is 59.4 Å². The molecule has 1 heterocycles. The molecule has 1 atom stereocenters. The average Bonchev–Trinajstić information content (AvgIpc) is 2.77. The van der Waals surface area contributed by atoms with Crippen molar-refractivity contribution in [3.05, 3.63) is 35.1 Å². The van der Waals surface area contributed by atoms with Crippen LogP contribution in [0.25, 0.3) is 11.0 Å². The van der Waals surface area contributed by atoms with Gasteiger partial charge in [-0.05, 0) is 49.9 Å². The minimum absolute atomic E-state index is 0.0967. The molecule has 0 radical (unpaired) electrons. The van der Waals surface area contributed by atoms with Crippen molar-refractivity contribution in [1.82, 2.24) is 5.32 Å². The van der Waals surface area contributed by atoms with E-state index in [1.165, 1.54) is 16.5 Å². The molecule has 0 aliphatic rings. The lowest BCUT2D eigenvalue weighted by atomic mass is 9.85. The Hall–Kier alpha value is -1.28. The molecule has 1 aromatic heterocycles. The molecule has 2 aromatic rings. The van der Waals surface area contributed by atoms with Crippen LogP contribution in [-0.2, 0) is 5.41 Å². The van der Waals surface area contributed by atoms with E-state index < -0.39 is 0 Å². The molecule has 0 amide bonds. The molecule has 0 saturated carbocycles. The Morgan fingerprint density at radius 3 is 2.50 bits per heavy atom. The van der Waals surface area contributed by atoms with Crippen LogP contribution in [-0.4, -0.2) is 6.54 Å². The summed E-state index contributed by atoms with van der Waals surface area (Å²) in [6.07, 6.45) is 1.14. The van der Waals surface area contributed by atoms with Gasteiger partial charge < -0.3 is 9.73 Å². The maximum Gasteiger partial charge on any atom is 0.138 e. The summed E-state index contributed by atoms with van der Waals surface area (Å²) in [6.45, 7) is 14.2. The Morgan fingerprint density at radius 2 is 1.90 bits per heavy atom. The highest BCUT2D eigenvalue weighted by Gasteiger charge is 2.21. The lowest BCUT2D eigenvalue weighted by Crippen LogP contribution is -2.18. The number of hydrogen-bond acceptors (Lipinski definition) is 2. The van der Waals surface area contributed by atoms with E-state index in [0.29, 0.717) is 0 Å². The van der Waals surface area contributed by atoms with Crippen LogP contribution >= 0.6 is 0 Å². The van der Waals surface area contributed by atoms with Gasteiger partial charge in [-0.2, -0.15) is 0 Å². The first kappa shape index (κ1) is 15.1. The van der Waals surface area contributed by atoms with Crippen molar-refractivity contribution in [2.24, 2.45) is 0 Å². The minimum atomic E-state index is 0.0967. The molecule has 110 valence electrons. The second-order valence-electron chi connectivity index (χ2n) is 6.81. The first-order valence-electron chi connectivity index (χ1n) is 7.61. The first-order chi connectivity index (χ1) is 9.32. The zero-order valence-corrected chi connectivity index (χ0v) is 13.6. The lowest BCUT2D eigenvalue weighted by Gasteiger charge is -2.20. The van der Waals surface area contributed by atoms with E-state index in [9.17, 15) is 0 Å². The molecule has 0 fully saturated rings. The molecular weight excluding hydrogens is 246 g/mol. The fourth-order valence-corrected chi connectivity index (χ4v) is 2.55. The van der Waals surface area contributed by atoms with Gasteiger partial charge in [0.2, 0.25) is 0 Å². The van der Waals surface area contributed by atoms with Crippen molar-refractivity contribution in [1.29, 1.82) is 0 Å². The zero-order valence-electron chi connectivity index (χ0n) is 13.6. The zero-order chi connectivity index (χ0) is 14.9. The van der Waals surface area contributed by atoms with Gasteiger partial charge in [0.15, 0.2) is 0 Å². The lowest BCUT2D eigenvalue weighted by molar-refractivity contribution is 0.446. The fraction of sp³-hybridized carbons (Fsp3) is 0.556. The van der Waals surface area contributed by atoms with E-state index in [2.05, 4.69) is 65.1 Å². The predicted molar refractivity (Wildman–Crippen MR) is 86.4 cm³/mol. The van der Waals surface area contributed by atoms with E-state index in [0.717, 1.165) is 24.3 Å². The van der Waals surface area contributed by atoms with Gasteiger partial charge in [-0.25, -0.2) is 0 Å². The highest BCUT2D eigenvalue weighted by atomic mass is 16.3. The van der Waals surface area contributed by atoms with Gasteiger partial charge in [0.05, 0.1) is 6.04 Å². The maximum absolute atomic E-state index is 6.18. The summed E-state index contributed by atoms with van der Waals surface area (Å²) >= 11 is 0. The quantitative estimate of drug-likeness (QED) is 0.838. The Labute approximate surface area is 122 Å². The van der Waals surface area contributed by atoms with Crippen LogP contribution in [0.3, 0.4) is 0 Å². The van der Waals surface area contributed by atoms with E-state index in [4.69, 9.17) is 4.42 Å². The molecule has 2 nitrogen and oxygen atoms in total. The van der Waals surface area contributed by atoms with Crippen LogP contribution in [0.4, 0.5) is 0 Å². The number of fused-ring (bicyclic) bond motifs is 1. The van der Waals surface area contributed by atoms with Crippen LogP contribution in [0, 0.1) is 6.92 Å². The molecule has 0 aliphatic carbocycles. The van der Waals surface area contributed by atoms with Crippen molar-refractivity contribution in [2.75, 3.05) is 6.54 Å². The van der Waals surface area contributed by atoms with Gasteiger partial charge >= 0.3 is 0 Å². The summed E-state index contributed by atoms with van der Waals surface area (Å²) < 4.78 is 6.18. The number of aryl methyl sites for hydroxylation is 1. The second kappa shape index (κ2) is 5.61. The maximum atomic E-state index is 6.18. The van der Waals surface area contributed by atoms with E-state index in [1.54, 1.807) is 0 Å². The van der Waals surface area contributed by atoms with Crippen molar-refractivity contribution in [3.8, 4) is 0 Å². The van der Waals surface area contributed by atoms with Crippen LogP contribution in [0.5, 0.6) is 0 Å². The van der Waals surface area contributed by atoms with Crippen LogP contribution in [0.15, 0.2) is 22.6 Å².